The van der Waals surface area contributed by atoms with Gasteiger partial charge < -0.3 is 4.90 Å². The number of nitrogens with zero attached hydrogens (tertiary/aromatic N) is 3. The van der Waals surface area contributed by atoms with E-state index in [1.54, 1.807) is 0 Å². The molecule has 0 saturated carbocycles. The molecule has 1 rings (SSSR count). The van der Waals surface area contributed by atoms with Crippen LogP contribution in [0.25, 0.3) is 0 Å². The van der Waals surface area contributed by atoms with Gasteiger partial charge >= 0.3 is 0 Å². The van der Waals surface area contributed by atoms with Crippen LogP contribution in [0.4, 0.5) is 0 Å². The van der Waals surface area contributed by atoms with Gasteiger partial charge in [-0.1, -0.05) is 23.4 Å². The van der Waals surface area contributed by atoms with E-state index in [9.17, 15) is 0 Å². The van der Waals surface area contributed by atoms with E-state index >= 15 is 0 Å². The summed E-state index contributed by atoms with van der Waals surface area (Å²) in [6.45, 7) is 3.99. The van der Waals surface area contributed by atoms with Crippen LogP contribution >= 0.6 is 11.8 Å². The van der Waals surface area contributed by atoms with Gasteiger partial charge in [0.1, 0.15) is 0 Å². The smallest absolute Gasteiger partial charge is 0.208 e. The van der Waals surface area contributed by atoms with E-state index in [0.29, 0.717) is 0 Å². The first-order valence-corrected chi connectivity index (χ1v) is 5.41. The summed E-state index contributed by atoms with van der Waals surface area (Å²) in [5, 5.41) is 9.28. The number of thioether (sulfide) groups is 1. The summed E-state index contributed by atoms with van der Waals surface area (Å²) in [6.07, 6.45) is 7.04. The normalized spacial score (nSPS) is 18.1. The Morgan fingerprint density at radius 3 is 3.00 bits per heavy atom. The van der Waals surface area contributed by atoms with E-state index < -0.39 is 0 Å². The summed E-state index contributed by atoms with van der Waals surface area (Å²) in [4.78, 5) is 5.90. The maximum Gasteiger partial charge on any atom is 0.208 e. The summed E-state index contributed by atoms with van der Waals surface area (Å²) in [6, 6.07) is 0. The highest BCUT2D eigenvalue weighted by Gasteiger charge is 2.12. The molecule has 0 atom stereocenters. The molecule has 0 spiro atoms. The Hall–Kier alpha value is -0.950. The number of aliphatic imine (C=N–C) groups is 1. The Morgan fingerprint density at radius 1 is 1.77 bits per heavy atom. The van der Waals surface area contributed by atoms with Crippen molar-refractivity contribution < 1.29 is 0 Å². The lowest BCUT2D eigenvalue weighted by molar-refractivity contribution is 0.454. The lowest BCUT2D eigenvalue weighted by Gasteiger charge is -2.26. The first kappa shape index (κ1) is 10.1. The summed E-state index contributed by atoms with van der Waals surface area (Å²) in [5.74, 6) is 0. The molecule has 0 unspecified atom stereocenters. The van der Waals surface area contributed by atoms with Crippen LogP contribution in [0.3, 0.4) is 0 Å². The molecule has 0 radical (unpaired) electrons. The second-order valence-electron chi connectivity index (χ2n) is 2.94. The maximum atomic E-state index is 8.46. The maximum absolute atomic E-state index is 8.46. The molecule has 3 nitrogen and oxygen atoms in total. The topological polar surface area (TPSA) is 39.4 Å². The fourth-order valence-electron chi connectivity index (χ4n) is 1.23. The molecule has 0 amide bonds. The average Bonchev–Trinajstić information content (AvgIpc) is 2.16. The Balaban J connectivity index is 2.64. The zero-order valence-corrected chi connectivity index (χ0v) is 8.77. The highest BCUT2D eigenvalue weighted by molar-refractivity contribution is 8.13. The first-order valence-electron chi connectivity index (χ1n) is 4.19. The summed E-state index contributed by atoms with van der Waals surface area (Å²) < 4.78 is 0. The van der Waals surface area contributed by atoms with E-state index in [4.69, 9.17) is 5.26 Å². The highest BCUT2D eigenvalue weighted by Crippen LogP contribution is 2.14. The summed E-state index contributed by atoms with van der Waals surface area (Å²) in [5.41, 5.74) is 1.42. The predicted molar refractivity (Wildman–Crippen MR) is 56.5 cm³/mol. The average molecular weight is 195 g/mol. The molecule has 1 aliphatic heterocycles. The van der Waals surface area contributed by atoms with Gasteiger partial charge in [0.25, 0.3) is 0 Å². The lowest BCUT2D eigenvalue weighted by Crippen LogP contribution is -2.32. The van der Waals surface area contributed by atoms with Gasteiger partial charge in [0.15, 0.2) is 5.17 Å². The Morgan fingerprint density at radius 2 is 2.54 bits per heavy atom. The molecule has 0 aromatic carbocycles. The minimum Gasteiger partial charge on any atom is -0.347 e. The molecule has 0 aromatic rings. The monoisotopic (exact) mass is 195 g/mol. The van der Waals surface area contributed by atoms with Crippen molar-refractivity contribution in [3.05, 3.63) is 11.6 Å². The molecule has 1 heterocycles. The van der Waals surface area contributed by atoms with E-state index in [1.165, 1.54) is 17.3 Å². The SMILES string of the molecule is CSC(=NC#N)N1CC=C(C)CC1. The van der Waals surface area contributed by atoms with Gasteiger partial charge in [-0.3, -0.25) is 0 Å². The van der Waals surface area contributed by atoms with Crippen molar-refractivity contribution in [1.82, 2.24) is 4.90 Å². The fraction of sp³-hybridized carbons (Fsp3) is 0.556. The molecule has 4 heteroatoms. The molecular formula is C9H13N3S. The number of rotatable bonds is 0. The molecule has 0 fully saturated rings. The third-order valence-electron chi connectivity index (χ3n) is 2.03. The van der Waals surface area contributed by atoms with E-state index in [2.05, 4.69) is 22.9 Å². The van der Waals surface area contributed by atoms with Gasteiger partial charge in [0.2, 0.25) is 6.19 Å². The van der Waals surface area contributed by atoms with Crippen molar-refractivity contribution in [2.24, 2.45) is 4.99 Å². The Labute approximate surface area is 83.1 Å². The van der Waals surface area contributed by atoms with Crippen LogP contribution in [0.1, 0.15) is 13.3 Å². The van der Waals surface area contributed by atoms with Crippen LogP contribution in [-0.2, 0) is 0 Å². The zero-order valence-electron chi connectivity index (χ0n) is 7.95. The first-order chi connectivity index (χ1) is 6.27. The van der Waals surface area contributed by atoms with E-state index in [0.717, 1.165) is 24.7 Å². The van der Waals surface area contributed by atoms with Crippen LogP contribution < -0.4 is 0 Å². The molecule has 1 aliphatic rings. The predicted octanol–water partition coefficient (Wildman–Crippen LogP) is 1.84. The molecular weight excluding hydrogens is 182 g/mol. The van der Waals surface area contributed by atoms with Crippen LogP contribution in [0, 0.1) is 11.5 Å². The minimum absolute atomic E-state index is 0.825. The molecule has 0 saturated heterocycles. The Kier molecular flexibility index (Phi) is 3.84. The largest absolute Gasteiger partial charge is 0.347 e. The molecule has 70 valence electrons. The van der Waals surface area contributed by atoms with Crippen LogP contribution in [0.15, 0.2) is 16.6 Å². The number of nitriles is 1. The lowest BCUT2D eigenvalue weighted by atomic mass is 10.1. The molecule has 0 bridgehead atoms. The van der Waals surface area contributed by atoms with E-state index in [-0.39, 0.29) is 0 Å². The third kappa shape index (κ3) is 2.78. The van der Waals surface area contributed by atoms with Crippen molar-refractivity contribution in [2.45, 2.75) is 13.3 Å². The van der Waals surface area contributed by atoms with Crippen LogP contribution in [0.5, 0.6) is 0 Å². The number of amidine groups is 1. The Bertz CT molecular complexity index is 275. The van der Waals surface area contributed by atoms with Crippen LogP contribution in [0.2, 0.25) is 0 Å². The van der Waals surface area contributed by atoms with Gasteiger partial charge in [-0.2, -0.15) is 5.26 Å². The van der Waals surface area contributed by atoms with E-state index in [1.807, 2.05) is 12.4 Å². The number of hydrogen-bond donors (Lipinski definition) is 0. The van der Waals surface area contributed by atoms with Gasteiger partial charge in [-0.05, 0) is 19.6 Å². The second kappa shape index (κ2) is 4.93. The molecule has 0 aromatic heterocycles. The van der Waals surface area contributed by atoms with Gasteiger partial charge in [0, 0.05) is 13.1 Å². The summed E-state index contributed by atoms with van der Waals surface area (Å²) in [7, 11) is 0. The fourth-order valence-corrected chi connectivity index (χ4v) is 1.79. The zero-order chi connectivity index (χ0) is 9.68. The van der Waals surface area contributed by atoms with Crippen molar-refractivity contribution in [3.8, 4) is 6.19 Å². The molecule has 0 aliphatic carbocycles. The van der Waals surface area contributed by atoms with Crippen molar-refractivity contribution >= 4 is 16.9 Å². The van der Waals surface area contributed by atoms with Crippen molar-refractivity contribution in [2.75, 3.05) is 19.3 Å². The number of hydrogen-bond acceptors (Lipinski definition) is 3. The van der Waals surface area contributed by atoms with Gasteiger partial charge in [0.05, 0.1) is 0 Å². The van der Waals surface area contributed by atoms with Crippen molar-refractivity contribution in [3.63, 3.8) is 0 Å². The van der Waals surface area contributed by atoms with Crippen LogP contribution in [-0.4, -0.2) is 29.4 Å². The van der Waals surface area contributed by atoms with Crippen molar-refractivity contribution in [1.29, 1.82) is 5.26 Å². The molecule has 13 heavy (non-hydrogen) atoms. The quantitative estimate of drug-likeness (QED) is 0.256. The van der Waals surface area contributed by atoms with Gasteiger partial charge in [-0.15, -0.1) is 4.99 Å². The minimum atomic E-state index is 0.825. The standard InChI is InChI=1S/C9H13N3S/c1-8-3-5-12(6-4-8)9(13-2)11-7-10/h3H,4-6H2,1-2H3. The summed E-state index contributed by atoms with van der Waals surface area (Å²) >= 11 is 1.53. The van der Waals surface area contributed by atoms with Gasteiger partial charge in [-0.25, -0.2) is 0 Å². The molecule has 0 N–H and O–H groups in total. The highest BCUT2D eigenvalue weighted by atomic mass is 32.2. The second-order valence-corrected chi connectivity index (χ2v) is 3.72. The third-order valence-corrected chi connectivity index (χ3v) is 2.75.